The molecular weight excluding hydrogens is 238 g/mol. The fourth-order valence-electron chi connectivity index (χ4n) is 2.19. The smallest absolute Gasteiger partial charge is 0.224 e. The first kappa shape index (κ1) is 13.9. The fourth-order valence-corrected chi connectivity index (χ4v) is 2.19. The summed E-state index contributed by atoms with van der Waals surface area (Å²) in [5.41, 5.74) is 8.29. The maximum Gasteiger partial charge on any atom is 0.224 e. The van der Waals surface area contributed by atoms with E-state index in [9.17, 15) is 4.79 Å². The normalized spacial score (nSPS) is 14.7. The highest BCUT2D eigenvalue weighted by Crippen LogP contribution is 2.25. The van der Waals surface area contributed by atoms with Crippen LogP contribution in [0.3, 0.4) is 0 Å². The van der Waals surface area contributed by atoms with Crippen LogP contribution in [0.1, 0.15) is 31.2 Å². The number of hydrogen-bond donors (Lipinski definition) is 2. The van der Waals surface area contributed by atoms with Crippen molar-refractivity contribution >= 4 is 17.3 Å². The van der Waals surface area contributed by atoms with E-state index in [2.05, 4.69) is 17.3 Å². The monoisotopic (exact) mass is 261 g/mol. The predicted octanol–water partition coefficient (Wildman–Crippen LogP) is 2.39. The Labute approximate surface area is 115 Å². The minimum atomic E-state index is 0.0675. The number of carbonyl (C=O) groups is 1. The van der Waals surface area contributed by atoms with E-state index in [0.717, 1.165) is 30.3 Å². The summed E-state index contributed by atoms with van der Waals surface area (Å²) in [7, 11) is 2.14. The van der Waals surface area contributed by atoms with Crippen LogP contribution < -0.4 is 11.1 Å². The molecule has 0 heterocycles. The Morgan fingerprint density at radius 3 is 2.89 bits per heavy atom. The Kier molecular flexibility index (Phi) is 4.43. The van der Waals surface area contributed by atoms with Crippen LogP contribution in [0, 0.1) is 6.92 Å². The summed E-state index contributed by atoms with van der Waals surface area (Å²) in [6.07, 6.45) is 4.09. The van der Waals surface area contributed by atoms with Gasteiger partial charge in [-0.1, -0.05) is 6.07 Å². The molecule has 0 spiro atoms. The van der Waals surface area contributed by atoms with E-state index in [4.69, 9.17) is 5.73 Å². The highest BCUT2D eigenvalue weighted by atomic mass is 16.1. The van der Waals surface area contributed by atoms with Crippen LogP contribution in [-0.4, -0.2) is 30.4 Å². The van der Waals surface area contributed by atoms with E-state index >= 15 is 0 Å². The Bertz CT molecular complexity index is 455. The van der Waals surface area contributed by atoms with Crippen molar-refractivity contribution in [3.63, 3.8) is 0 Å². The van der Waals surface area contributed by atoms with E-state index in [1.165, 1.54) is 12.8 Å². The number of nitrogen functional groups attached to an aromatic ring is 1. The van der Waals surface area contributed by atoms with Crippen LogP contribution in [0.2, 0.25) is 0 Å². The number of nitrogens with one attached hydrogen (secondary N) is 1. The van der Waals surface area contributed by atoms with Crippen LogP contribution in [0.25, 0.3) is 0 Å². The van der Waals surface area contributed by atoms with Gasteiger partial charge in [0.2, 0.25) is 5.91 Å². The summed E-state index contributed by atoms with van der Waals surface area (Å²) in [5.74, 6) is 0.0675. The third kappa shape index (κ3) is 3.96. The summed E-state index contributed by atoms with van der Waals surface area (Å²) >= 11 is 0. The molecule has 4 nitrogen and oxygen atoms in total. The van der Waals surface area contributed by atoms with Crippen molar-refractivity contribution in [2.24, 2.45) is 0 Å². The molecule has 0 radical (unpaired) electrons. The molecule has 1 fully saturated rings. The Hall–Kier alpha value is -1.55. The van der Waals surface area contributed by atoms with E-state index in [1.807, 2.05) is 25.1 Å². The number of carbonyl (C=O) groups excluding carboxylic acids is 1. The summed E-state index contributed by atoms with van der Waals surface area (Å²) < 4.78 is 0. The van der Waals surface area contributed by atoms with E-state index < -0.39 is 0 Å². The molecule has 0 unspecified atom stereocenters. The molecule has 3 N–H and O–H groups in total. The molecule has 1 aromatic rings. The van der Waals surface area contributed by atoms with E-state index in [-0.39, 0.29) is 5.91 Å². The number of benzene rings is 1. The van der Waals surface area contributed by atoms with Crippen molar-refractivity contribution < 1.29 is 4.79 Å². The second-order valence-electron chi connectivity index (χ2n) is 5.38. The molecule has 1 amide bonds. The highest BCUT2D eigenvalue weighted by Gasteiger charge is 2.25. The third-order valence-corrected chi connectivity index (χ3v) is 3.73. The van der Waals surface area contributed by atoms with Crippen molar-refractivity contribution in [1.29, 1.82) is 0 Å². The molecule has 0 aliphatic heterocycles. The van der Waals surface area contributed by atoms with Crippen LogP contribution in [0.5, 0.6) is 0 Å². The molecule has 4 heteroatoms. The lowest BCUT2D eigenvalue weighted by atomic mass is 10.1. The fraction of sp³-hybridized carbons (Fsp3) is 0.533. The minimum absolute atomic E-state index is 0.0675. The summed E-state index contributed by atoms with van der Waals surface area (Å²) in [5, 5.41) is 2.93. The second kappa shape index (κ2) is 6.06. The first-order valence-electron chi connectivity index (χ1n) is 6.93. The molecule has 1 saturated carbocycles. The van der Waals surface area contributed by atoms with Gasteiger partial charge in [-0.25, -0.2) is 0 Å². The van der Waals surface area contributed by atoms with Crippen LogP contribution in [0.4, 0.5) is 11.4 Å². The van der Waals surface area contributed by atoms with Crippen molar-refractivity contribution in [3.05, 3.63) is 23.8 Å². The van der Waals surface area contributed by atoms with Crippen molar-refractivity contribution in [2.45, 2.75) is 38.6 Å². The number of nitrogens with two attached hydrogens (primary N) is 1. The minimum Gasteiger partial charge on any atom is -0.398 e. The molecule has 0 saturated heterocycles. The van der Waals surface area contributed by atoms with Gasteiger partial charge in [0.1, 0.15) is 0 Å². The van der Waals surface area contributed by atoms with Gasteiger partial charge >= 0.3 is 0 Å². The van der Waals surface area contributed by atoms with Gasteiger partial charge in [-0.05, 0) is 57.5 Å². The maximum absolute atomic E-state index is 11.9. The standard InChI is InChI=1S/C15H23N3O/c1-11-13(16)5-3-6-14(11)17-15(19)7-4-10-18(2)12-8-9-12/h3,5-6,12H,4,7-10,16H2,1-2H3,(H,17,19). The van der Waals surface area contributed by atoms with Crippen LogP contribution in [-0.2, 0) is 4.79 Å². The van der Waals surface area contributed by atoms with Crippen LogP contribution >= 0.6 is 0 Å². The van der Waals surface area contributed by atoms with Gasteiger partial charge in [0.15, 0.2) is 0 Å². The molecule has 0 atom stereocenters. The lowest BCUT2D eigenvalue weighted by molar-refractivity contribution is -0.116. The number of nitrogens with zero attached hydrogens (tertiary/aromatic N) is 1. The summed E-state index contributed by atoms with van der Waals surface area (Å²) in [4.78, 5) is 14.2. The number of rotatable bonds is 6. The zero-order chi connectivity index (χ0) is 13.8. The first-order valence-corrected chi connectivity index (χ1v) is 6.93. The molecule has 1 aliphatic rings. The second-order valence-corrected chi connectivity index (χ2v) is 5.38. The summed E-state index contributed by atoms with van der Waals surface area (Å²) in [6.45, 7) is 2.92. The van der Waals surface area contributed by atoms with Crippen molar-refractivity contribution in [1.82, 2.24) is 4.90 Å². The zero-order valence-corrected chi connectivity index (χ0v) is 11.8. The number of amides is 1. The van der Waals surface area contributed by atoms with Gasteiger partial charge in [-0.3, -0.25) is 4.79 Å². The van der Waals surface area contributed by atoms with Gasteiger partial charge < -0.3 is 16.0 Å². The highest BCUT2D eigenvalue weighted by molar-refractivity contribution is 5.92. The van der Waals surface area contributed by atoms with E-state index in [0.29, 0.717) is 12.1 Å². The summed E-state index contributed by atoms with van der Waals surface area (Å²) in [6, 6.07) is 6.35. The largest absolute Gasteiger partial charge is 0.398 e. The van der Waals surface area contributed by atoms with Gasteiger partial charge in [-0.15, -0.1) is 0 Å². The molecule has 0 bridgehead atoms. The topological polar surface area (TPSA) is 58.4 Å². The van der Waals surface area contributed by atoms with Gasteiger partial charge in [0, 0.05) is 23.8 Å². The first-order chi connectivity index (χ1) is 9.08. The molecule has 1 aliphatic carbocycles. The molecule has 0 aromatic heterocycles. The van der Waals surface area contributed by atoms with Crippen LogP contribution in [0.15, 0.2) is 18.2 Å². The third-order valence-electron chi connectivity index (χ3n) is 3.73. The zero-order valence-electron chi connectivity index (χ0n) is 11.8. The SMILES string of the molecule is Cc1c(N)cccc1NC(=O)CCCN(C)C1CC1. The average molecular weight is 261 g/mol. The maximum atomic E-state index is 11.9. The van der Waals surface area contributed by atoms with E-state index in [1.54, 1.807) is 0 Å². The Morgan fingerprint density at radius 1 is 1.47 bits per heavy atom. The average Bonchev–Trinajstić information content (AvgIpc) is 3.19. The van der Waals surface area contributed by atoms with Gasteiger partial charge in [0.25, 0.3) is 0 Å². The van der Waals surface area contributed by atoms with Crippen molar-refractivity contribution in [2.75, 3.05) is 24.6 Å². The lowest BCUT2D eigenvalue weighted by Crippen LogP contribution is -2.23. The lowest BCUT2D eigenvalue weighted by Gasteiger charge is -2.15. The van der Waals surface area contributed by atoms with Gasteiger partial charge in [-0.2, -0.15) is 0 Å². The quantitative estimate of drug-likeness (QED) is 0.773. The van der Waals surface area contributed by atoms with Gasteiger partial charge in [0.05, 0.1) is 0 Å². The Balaban J connectivity index is 1.75. The van der Waals surface area contributed by atoms with Crippen molar-refractivity contribution in [3.8, 4) is 0 Å². The molecule has 104 valence electrons. The molecule has 1 aromatic carbocycles. The Morgan fingerprint density at radius 2 is 2.21 bits per heavy atom. The molecular formula is C15H23N3O. The predicted molar refractivity (Wildman–Crippen MR) is 79.1 cm³/mol. The number of hydrogen-bond acceptors (Lipinski definition) is 3. The molecule has 2 rings (SSSR count). The molecule has 19 heavy (non-hydrogen) atoms. The number of anilines is 2.